The number of anilines is 2. The van der Waals surface area contributed by atoms with Crippen molar-refractivity contribution in [3.8, 4) is 5.75 Å². The van der Waals surface area contributed by atoms with E-state index in [1.165, 1.54) is 0 Å². The van der Waals surface area contributed by atoms with E-state index in [-0.39, 0.29) is 0 Å². The Labute approximate surface area is 77.9 Å². The SMILES string of the molecule is CC1CNc2cccc(N)c2OC1. The van der Waals surface area contributed by atoms with Crippen LogP contribution in [0.1, 0.15) is 6.92 Å². The Morgan fingerprint density at radius 1 is 1.54 bits per heavy atom. The molecule has 1 unspecified atom stereocenters. The molecule has 0 radical (unpaired) electrons. The molecule has 2 rings (SSSR count). The number of nitrogens with one attached hydrogen (secondary N) is 1. The molecule has 0 amide bonds. The lowest BCUT2D eigenvalue weighted by molar-refractivity contribution is 0.277. The molecule has 1 aliphatic rings. The summed E-state index contributed by atoms with van der Waals surface area (Å²) in [6.45, 7) is 3.82. The summed E-state index contributed by atoms with van der Waals surface area (Å²) in [5.74, 6) is 1.32. The number of hydrogen-bond acceptors (Lipinski definition) is 3. The zero-order valence-corrected chi connectivity index (χ0v) is 7.71. The van der Waals surface area contributed by atoms with Gasteiger partial charge in [-0.25, -0.2) is 0 Å². The molecule has 1 aromatic carbocycles. The molecule has 1 aliphatic heterocycles. The van der Waals surface area contributed by atoms with E-state index in [9.17, 15) is 0 Å². The third-order valence-electron chi connectivity index (χ3n) is 2.20. The van der Waals surface area contributed by atoms with Crippen LogP contribution in [0.2, 0.25) is 0 Å². The molecule has 0 aliphatic carbocycles. The third-order valence-corrected chi connectivity index (χ3v) is 2.20. The molecule has 1 atom stereocenters. The first kappa shape index (κ1) is 8.23. The Balaban J connectivity index is 2.35. The van der Waals surface area contributed by atoms with E-state index in [4.69, 9.17) is 10.5 Å². The third kappa shape index (κ3) is 1.54. The average Bonchev–Trinajstić information content (AvgIpc) is 2.30. The molecule has 0 spiro atoms. The predicted molar refractivity (Wildman–Crippen MR) is 54.0 cm³/mol. The molecular weight excluding hydrogens is 164 g/mol. The maximum atomic E-state index is 5.79. The first-order chi connectivity index (χ1) is 6.27. The molecule has 70 valence electrons. The van der Waals surface area contributed by atoms with Gasteiger partial charge in [-0.15, -0.1) is 0 Å². The first-order valence-corrected chi connectivity index (χ1v) is 4.52. The second-order valence-electron chi connectivity index (χ2n) is 3.52. The molecule has 0 saturated heterocycles. The molecule has 1 aromatic rings. The Morgan fingerprint density at radius 3 is 3.23 bits per heavy atom. The van der Waals surface area contributed by atoms with Gasteiger partial charge >= 0.3 is 0 Å². The standard InChI is InChI=1S/C10H14N2O/c1-7-5-12-9-4-2-3-8(11)10(9)13-6-7/h2-4,7,12H,5-6,11H2,1H3. The lowest BCUT2D eigenvalue weighted by atomic mass is 10.2. The van der Waals surface area contributed by atoms with Crippen molar-refractivity contribution >= 4 is 11.4 Å². The number of fused-ring (bicyclic) bond motifs is 1. The van der Waals surface area contributed by atoms with Crippen LogP contribution in [0.5, 0.6) is 5.75 Å². The molecule has 0 bridgehead atoms. The van der Waals surface area contributed by atoms with Crippen molar-refractivity contribution in [3.05, 3.63) is 18.2 Å². The van der Waals surface area contributed by atoms with E-state index in [0.717, 1.165) is 24.6 Å². The van der Waals surface area contributed by atoms with Crippen LogP contribution in [-0.2, 0) is 0 Å². The monoisotopic (exact) mass is 178 g/mol. The van der Waals surface area contributed by atoms with Crippen molar-refractivity contribution in [3.63, 3.8) is 0 Å². The van der Waals surface area contributed by atoms with Crippen molar-refractivity contribution in [1.29, 1.82) is 0 Å². The molecule has 13 heavy (non-hydrogen) atoms. The Bertz CT molecular complexity index is 312. The van der Waals surface area contributed by atoms with Gasteiger partial charge in [0, 0.05) is 12.5 Å². The summed E-state index contributed by atoms with van der Waals surface area (Å²) in [7, 11) is 0. The summed E-state index contributed by atoms with van der Waals surface area (Å²) in [6, 6.07) is 5.78. The van der Waals surface area contributed by atoms with Gasteiger partial charge in [0.05, 0.1) is 18.0 Å². The fraction of sp³-hybridized carbons (Fsp3) is 0.400. The van der Waals surface area contributed by atoms with Crippen molar-refractivity contribution in [2.75, 3.05) is 24.2 Å². The van der Waals surface area contributed by atoms with Gasteiger partial charge in [-0.2, -0.15) is 0 Å². The Hall–Kier alpha value is -1.38. The molecule has 0 aromatic heterocycles. The molecule has 3 heteroatoms. The molecule has 3 N–H and O–H groups in total. The largest absolute Gasteiger partial charge is 0.489 e. The summed E-state index contributed by atoms with van der Waals surface area (Å²) >= 11 is 0. The van der Waals surface area contributed by atoms with Crippen LogP contribution in [0.4, 0.5) is 11.4 Å². The van der Waals surface area contributed by atoms with E-state index < -0.39 is 0 Å². The highest BCUT2D eigenvalue weighted by molar-refractivity contribution is 5.69. The van der Waals surface area contributed by atoms with Gasteiger partial charge in [-0.05, 0) is 12.1 Å². The molecule has 1 heterocycles. The fourth-order valence-electron chi connectivity index (χ4n) is 1.42. The van der Waals surface area contributed by atoms with Gasteiger partial charge in [0.2, 0.25) is 0 Å². The van der Waals surface area contributed by atoms with Crippen LogP contribution >= 0.6 is 0 Å². The number of nitrogen functional groups attached to an aromatic ring is 1. The number of hydrogen-bond donors (Lipinski definition) is 2. The maximum Gasteiger partial charge on any atom is 0.165 e. The van der Waals surface area contributed by atoms with Crippen molar-refractivity contribution < 1.29 is 4.74 Å². The minimum Gasteiger partial charge on any atom is -0.489 e. The van der Waals surface area contributed by atoms with E-state index >= 15 is 0 Å². The van der Waals surface area contributed by atoms with Gasteiger partial charge in [-0.1, -0.05) is 13.0 Å². The van der Waals surface area contributed by atoms with Crippen LogP contribution in [0.15, 0.2) is 18.2 Å². The maximum absolute atomic E-state index is 5.79. The fourth-order valence-corrected chi connectivity index (χ4v) is 1.42. The van der Waals surface area contributed by atoms with Gasteiger partial charge < -0.3 is 15.8 Å². The van der Waals surface area contributed by atoms with Crippen molar-refractivity contribution in [2.45, 2.75) is 6.92 Å². The summed E-state index contributed by atoms with van der Waals surface area (Å²) in [5.41, 5.74) is 7.50. The number of para-hydroxylation sites is 1. The predicted octanol–water partition coefficient (Wildman–Crippen LogP) is 1.71. The zero-order valence-electron chi connectivity index (χ0n) is 7.71. The first-order valence-electron chi connectivity index (χ1n) is 4.52. The normalized spacial score (nSPS) is 20.8. The van der Waals surface area contributed by atoms with E-state index in [2.05, 4.69) is 12.2 Å². The summed E-state index contributed by atoms with van der Waals surface area (Å²) in [5, 5.41) is 3.31. The number of rotatable bonds is 0. The average molecular weight is 178 g/mol. The quantitative estimate of drug-likeness (QED) is 0.594. The topological polar surface area (TPSA) is 47.3 Å². The van der Waals surface area contributed by atoms with Crippen LogP contribution in [0.25, 0.3) is 0 Å². The van der Waals surface area contributed by atoms with E-state index in [0.29, 0.717) is 11.6 Å². The highest BCUT2D eigenvalue weighted by atomic mass is 16.5. The molecule has 3 nitrogen and oxygen atoms in total. The van der Waals surface area contributed by atoms with Crippen LogP contribution in [0.3, 0.4) is 0 Å². The second-order valence-corrected chi connectivity index (χ2v) is 3.52. The number of nitrogens with two attached hydrogens (primary N) is 1. The number of ether oxygens (including phenoxy) is 1. The summed E-state index contributed by atoms with van der Waals surface area (Å²) < 4.78 is 5.60. The highest BCUT2D eigenvalue weighted by Gasteiger charge is 2.14. The van der Waals surface area contributed by atoms with E-state index in [1.807, 2.05) is 18.2 Å². The molecule has 0 saturated carbocycles. The van der Waals surface area contributed by atoms with Crippen LogP contribution < -0.4 is 15.8 Å². The minimum atomic E-state index is 0.520. The smallest absolute Gasteiger partial charge is 0.165 e. The minimum absolute atomic E-state index is 0.520. The Kier molecular flexibility index (Phi) is 2.00. The second kappa shape index (κ2) is 3.17. The molecular formula is C10H14N2O. The lowest BCUT2D eigenvalue weighted by Gasteiger charge is -2.09. The van der Waals surface area contributed by atoms with Crippen LogP contribution in [0, 0.1) is 5.92 Å². The van der Waals surface area contributed by atoms with Gasteiger partial charge in [0.15, 0.2) is 5.75 Å². The zero-order chi connectivity index (χ0) is 9.26. The van der Waals surface area contributed by atoms with E-state index in [1.54, 1.807) is 0 Å². The summed E-state index contributed by atoms with van der Waals surface area (Å²) in [4.78, 5) is 0. The summed E-state index contributed by atoms with van der Waals surface area (Å²) in [6.07, 6.45) is 0. The van der Waals surface area contributed by atoms with Crippen LogP contribution in [-0.4, -0.2) is 13.2 Å². The van der Waals surface area contributed by atoms with Gasteiger partial charge in [-0.3, -0.25) is 0 Å². The Morgan fingerprint density at radius 2 is 2.38 bits per heavy atom. The van der Waals surface area contributed by atoms with Crippen molar-refractivity contribution in [1.82, 2.24) is 0 Å². The lowest BCUT2D eigenvalue weighted by Crippen LogP contribution is -2.13. The van der Waals surface area contributed by atoms with Gasteiger partial charge in [0.1, 0.15) is 0 Å². The highest BCUT2D eigenvalue weighted by Crippen LogP contribution is 2.33. The number of benzene rings is 1. The van der Waals surface area contributed by atoms with Gasteiger partial charge in [0.25, 0.3) is 0 Å². The van der Waals surface area contributed by atoms with Crippen molar-refractivity contribution in [2.24, 2.45) is 5.92 Å². The molecule has 0 fully saturated rings.